The number of aromatic nitrogens is 4. The second-order valence-electron chi connectivity index (χ2n) is 4.09. The predicted molar refractivity (Wildman–Crippen MR) is 64.2 cm³/mol. The Kier molecular flexibility index (Phi) is 3.99. The normalized spacial score (nSPS) is 15.4. The number of hydrogen-bond acceptors (Lipinski definition) is 15. The molecule has 26 nitrogen and oxygen atoms in total. The lowest BCUT2D eigenvalue weighted by atomic mass is 10.3. The van der Waals surface area contributed by atoms with Crippen LogP contribution in [0.5, 0.6) is 0 Å². The lowest BCUT2D eigenvalue weighted by molar-refractivity contribution is -0.944. The van der Waals surface area contributed by atoms with Crippen LogP contribution in [-0.2, 0) is 5.79 Å². The molecule has 0 N–H and O–H groups in total. The maximum Gasteiger partial charge on any atom is 0.595 e. The monoisotopic (exact) mass is 412 g/mol. The summed E-state index contributed by atoms with van der Waals surface area (Å²) in [4.78, 5) is 64.4. The van der Waals surface area contributed by atoms with Crippen LogP contribution in [0.2, 0.25) is 0 Å². The van der Waals surface area contributed by atoms with E-state index in [-0.39, 0.29) is 0 Å². The molecule has 1 aliphatic heterocycles. The van der Waals surface area contributed by atoms with Gasteiger partial charge in [-0.3, -0.25) is 10.1 Å². The summed E-state index contributed by atoms with van der Waals surface area (Å²) in [6.07, 6.45) is 0. The summed E-state index contributed by atoms with van der Waals surface area (Å²) >= 11 is 0. The van der Waals surface area contributed by atoms with Gasteiger partial charge in [0.05, 0.1) is 14.7 Å². The minimum absolute atomic E-state index is 0.780. The van der Waals surface area contributed by atoms with Crippen LogP contribution in [0.25, 0.3) is 0 Å². The first-order valence-electron chi connectivity index (χ1n) is 5.76. The smallest absolute Gasteiger partial charge is 0.339 e. The Hall–Kier alpha value is -5.33. The van der Waals surface area contributed by atoms with Gasteiger partial charge in [-0.15, -0.1) is 0 Å². The average molecular weight is 412 g/mol. The Bertz CT molecular complexity index is 864. The fourth-order valence-corrected chi connectivity index (χ4v) is 2.01. The number of rotatable bonds is 7. The lowest BCUT2D eigenvalue weighted by Crippen LogP contribution is -2.63. The molecule has 150 valence electrons. The van der Waals surface area contributed by atoms with E-state index >= 15 is 0 Å². The highest BCUT2D eigenvalue weighted by atomic mass is 16.8. The summed E-state index contributed by atoms with van der Waals surface area (Å²) < 4.78 is 0. The zero-order chi connectivity index (χ0) is 21.5. The number of nitrogens with zero attached hydrogens (tertiary/aromatic N) is 14. The Morgan fingerprint density at radius 1 is 0.679 bits per heavy atom. The van der Waals surface area contributed by atoms with Gasteiger partial charge < -0.3 is 10.1 Å². The third-order valence-corrected chi connectivity index (χ3v) is 2.82. The van der Waals surface area contributed by atoms with Gasteiger partial charge >= 0.3 is 11.6 Å². The minimum Gasteiger partial charge on any atom is -0.339 e. The topological polar surface area (TPSA) is 315 Å². The number of hydrogen-bond donors (Lipinski definition) is 0. The van der Waals surface area contributed by atoms with Crippen molar-refractivity contribution in [2.24, 2.45) is 0 Å². The van der Waals surface area contributed by atoms with Gasteiger partial charge in [-0.25, -0.2) is 40.5 Å². The van der Waals surface area contributed by atoms with E-state index in [4.69, 9.17) is 0 Å². The number of tetrazole rings is 1. The Labute approximate surface area is 144 Å². The quantitative estimate of drug-likeness (QED) is 0.302. The van der Waals surface area contributed by atoms with Gasteiger partial charge in [0.2, 0.25) is 25.7 Å². The molecule has 0 aliphatic carbocycles. The molecule has 28 heavy (non-hydrogen) atoms. The molecule has 1 aromatic heterocycles. The molecule has 0 aromatic carbocycles. The van der Waals surface area contributed by atoms with Gasteiger partial charge in [0.15, 0.2) is 20.3 Å². The first kappa shape index (κ1) is 19.0. The molecule has 1 saturated heterocycles. The first-order valence-corrected chi connectivity index (χ1v) is 5.76. The Balaban J connectivity index is 3.06. The summed E-state index contributed by atoms with van der Waals surface area (Å²) in [6, 6.07) is 0. The van der Waals surface area contributed by atoms with E-state index in [0.29, 0.717) is 0 Å². The minimum atomic E-state index is -4.48. The molecular formula is C2N14O12. The largest absolute Gasteiger partial charge is 0.595 e. The van der Waals surface area contributed by atoms with Crippen molar-refractivity contribution in [3.63, 3.8) is 0 Å². The summed E-state index contributed by atoms with van der Waals surface area (Å²) in [6.45, 7) is 0. The van der Waals surface area contributed by atoms with Crippen molar-refractivity contribution in [3.8, 4) is 0 Å². The van der Waals surface area contributed by atoms with E-state index in [1.165, 1.54) is 0 Å². The molecule has 1 fully saturated rings. The molecule has 0 bridgehead atoms. The summed E-state index contributed by atoms with van der Waals surface area (Å²) in [5.41, 5.74) is 0. The van der Waals surface area contributed by atoms with Gasteiger partial charge in [-0.05, 0) is 0 Å². The second kappa shape index (κ2) is 5.88. The SMILES string of the molecule is O=[N+]([O-])N1N([N+](=O)[O-])N([N+](=O)[O-])C(c2nnnn2[N+](=O)[O-])([N+](=O)[O-])N1[N+](=O)[O-]. The van der Waals surface area contributed by atoms with Gasteiger partial charge in [-0.2, -0.15) is 0 Å². The fraction of sp³-hybridized carbons (Fsp3) is 0.500. The van der Waals surface area contributed by atoms with E-state index in [0.717, 1.165) is 0 Å². The molecule has 0 amide bonds. The molecule has 1 aromatic rings. The van der Waals surface area contributed by atoms with Crippen LogP contribution in [0.4, 0.5) is 0 Å². The number of hydrazine groups is 7. The summed E-state index contributed by atoms with van der Waals surface area (Å²) in [7, 11) is 0. The van der Waals surface area contributed by atoms with Crippen LogP contribution >= 0.6 is 0 Å². The molecule has 0 unspecified atom stereocenters. The summed E-state index contributed by atoms with van der Waals surface area (Å²) in [5.74, 6) is -6.46. The van der Waals surface area contributed by atoms with E-state index < -0.39 is 67.2 Å². The third kappa shape index (κ3) is 2.17. The molecular weight excluding hydrogens is 412 g/mol. The first-order chi connectivity index (χ1) is 12.9. The molecule has 1 aliphatic rings. The zero-order valence-corrected chi connectivity index (χ0v) is 12.2. The van der Waals surface area contributed by atoms with Crippen molar-refractivity contribution in [2.45, 2.75) is 5.79 Å². The highest BCUT2D eigenvalue weighted by molar-refractivity contribution is 4.94. The van der Waals surface area contributed by atoms with Crippen molar-refractivity contribution in [1.82, 2.24) is 41.0 Å². The molecule has 2 heterocycles. The van der Waals surface area contributed by atoms with Crippen molar-refractivity contribution in [1.29, 1.82) is 0 Å². The van der Waals surface area contributed by atoms with Crippen molar-refractivity contribution in [3.05, 3.63) is 66.5 Å². The summed E-state index contributed by atoms with van der Waals surface area (Å²) in [5, 5.41) is 59.9. The van der Waals surface area contributed by atoms with Crippen LogP contribution in [0.1, 0.15) is 5.82 Å². The standard InChI is InChI=1S/C2N14O12/c17-9(18)2(1-3-4-5-6(1)12(19)20)7(13(21)22)10(15(25)26)11(16(27)28)8(2)14(23)24. The van der Waals surface area contributed by atoms with Crippen molar-refractivity contribution < 1.29 is 30.1 Å². The van der Waals surface area contributed by atoms with E-state index in [2.05, 4.69) is 15.5 Å². The van der Waals surface area contributed by atoms with Gasteiger partial charge in [0, 0.05) is 0 Å². The molecule has 0 radical (unpaired) electrons. The highest BCUT2D eigenvalue weighted by Crippen LogP contribution is 2.41. The van der Waals surface area contributed by atoms with E-state index in [1.54, 1.807) is 0 Å². The highest BCUT2D eigenvalue weighted by Gasteiger charge is 2.91. The maximum atomic E-state index is 11.6. The average Bonchev–Trinajstić information content (AvgIpc) is 3.15. The van der Waals surface area contributed by atoms with Crippen LogP contribution in [0.3, 0.4) is 0 Å². The maximum absolute atomic E-state index is 11.6. The molecule has 0 saturated carbocycles. The molecule has 0 spiro atoms. The van der Waals surface area contributed by atoms with Crippen LogP contribution in [-0.4, -0.2) is 71.1 Å². The molecule has 2 rings (SSSR count). The van der Waals surface area contributed by atoms with Gasteiger partial charge in [0.1, 0.15) is 5.21 Å². The lowest BCUT2D eigenvalue weighted by Gasteiger charge is -2.17. The third-order valence-electron chi connectivity index (χ3n) is 2.82. The van der Waals surface area contributed by atoms with Gasteiger partial charge in [0.25, 0.3) is 0 Å². The Morgan fingerprint density at radius 2 is 1.11 bits per heavy atom. The molecule has 26 heteroatoms. The van der Waals surface area contributed by atoms with Crippen LogP contribution < -0.4 is 0 Å². The van der Waals surface area contributed by atoms with Crippen molar-refractivity contribution in [2.75, 3.05) is 0 Å². The van der Waals surface area contributed by atoms with Crippen LogP contribution in [0, 0.1) is 60.7 Å². The van der Waals surface area contributed by atoms with Gasteiger partial charge in [-0.1, -0.05) is 5.10 Å². The zero-order valence-electron chi connectivity index (χ0n) is 12.2. The number of nitro groups is 6. The van der Waals surface area contributed by atoms with E-state index in [1.807, 2.05) is 0 Å². The Morgan fingerprint density at radius 3 is 1.39 bits per heavy atom. The predicted octanol–water partition coefficient (Wildman–Crippen LogP) is -4.17. The van der Waals surface area contributed by atoms with Crippen LogP contribution in [0.15, 0.2) is 0 Å². The van der Waals surface area contributed by atoms with E-state index in [9.17, 15) is 60.7 Å². The van der Waals surface area contributed by atoms with Crippen molar-refractivity contribution >= 4 is 0 Å². The second-order valence-corrected chi connectivity index (χ2v) is 4.09. The molecule has 0 atom stereocenters. The fourth-order valence-electron chi connectivity index (χ4n) is 2.01.